The van der Waals surface area contributed by atoms with Crippen LogP contribution in [0.2, 0.25) is 0 Å². The number of imide groups is 1. The van der Waals surface area contributed by atoms with Crippen LogP contribution < -0.4 is 19.3 Å². The Hall–Kier alpha value is -3.03. The lowest BCUT2D eigenvalue weighted by Crippen LogP contribution is -2.46. The maximum atomic E-state index is 13.2. The molecule has 0 saturated carbocycles. The summed E-state index contributed by atoms with van der Waals surface area (Å²) in [5.41, 5.74) is 2.21. The summed E-state index contributed by atoms with van der Waals surface area (Å²) >= 11 is 6.33. The molecule has 0 spiro atoms. The van der Waals surface area contributed by atoms with Gasteiger partial charge in [0.05, 0.1) is 25.5 Å². The Labute approximate surface area is 192 Å². The van der Waals surface area contributed by atoms with Crippen molar-refractivity contribution in [1.82, 2.24) is 4.90 Å². The fourth-order valence-electron chi connectivity index (χ4n) is 4.11. The number of carbonyl (C=O) groups is 2. The topological polar surface area (TPSA) is 62.3 Å². The Morgan fingerprint density at radius 1 is 0.844 bits per heavy atom. The molecule has 0 aliphatic carbocycles. The van der Waals surface area contributed by atoms with Gasteiger partial charge in [0.15, 0.2) is 11.5 Å². The van der Waals surface area contributed by atoms with E-state index >= 15 is 0 Å². The van der Waals surface area contributed by atoms with Crippen molar-refractivity contribution in [3.63, 3.8) is 0 Å². The first kappa shape index (κ1) is 22.2. The summed E-state index contributed by atoms with van der Waals surface area (Å²) in [5, 5.41) is -0.109. The number of nitrogens with zero attached hydrogens (tertiary/aromatic N) is 3. The second-order valence-corrected chi connectivity index (χ2v) is 8.02. The predicted molar refractivity (Wildman–Crippen MR) is 126 cm³/mol. The van der Waals surface area contributed by atoms with Gasteiger partial charge in [0.2, 0.25) is 0 Å². The van der Waals surface area contributed by atoms with E-state index in [0.29, 0.717) is 22.7 Å². The van der Waals surface area contributed by atoms with Gasteiger partial charge in [-0.1, -0.05) is 24.6 Å². The van der Waals surface area contributed by atoms with Crippen LogP contribution in [0.15, 0.2) is 47.5 Å². The third-order valence-corrected chi connectivity index (χ3v) is 6.34. The van der Waals surface area contributed by atoms with Crippen molar-refractivity contribution in [3.05, 3.63) is 53.1 Å². The van der Waals surface area contributed by atoms with E-state index in [2.05, 4.69) is 16.7 Å². The van der Waals surface area contributed by atoms with Gasteiger partial charge in [-0.2, -0.15) is 0 Å². The first-order valence-electron chi connectivity index (χ1n) is 10.6. The maximum Gasteiger partial charge on any atom is 0.277 e. The van der Waals surface area contributed by atoms with Crippen LogP contribution in [0.5, 0.6) is 11.5 Å². The molecule has 0 radical (unpaired) electrons. The number of methoxy groups -OCH3 is 2. The number of ether oxygens (including phenoxy) is 2. The second kappa shape index (κ2) is 9.22. The predicted octanol–water partition coefficient (Wildman–Crippen LogP) is 3.37. The summed E-state index contributed by atoms with van der Waals surface area (Å²) < 4.78 is 10.6. The monoisotopic (exact) mass is 455 g/mol. The summed E-state index contributed by atoms with van der Waals surface area (Å²) in [6.45, 7) is 7.18. The molecule has 2 aromatic carbocycles. The average Bonchev–Trinajstić information content (AvgIpc) is 3.06. The first-order chi connectivity index (χ1) is 15.5. The van der Waals surface area contributed by atoms with Crippen molar-refractivity contribution in [1.29, 1.82) is 0 Å². The van der Waals surface area contributed by atoms with Crippen molar-refractivity contribution in [2.75, 3.05) is 56.7 Å². The van der Waals surface area contributed by atoms with Gasteiger partial charge in [-0.15, -0.1) is 0 Å². The lowest BCUT2D eigenvalue weighted by molar-refractivity contribution is -0.119. The van der Waals surface area contributed by atoms with E-state index < -0.39 is 11.8 Å². The van der Waals surface area contributed by atoms with Crippen LogP contribution in [-0.4, -0.2) is 63.7 Å². The van der Waals surface area contributed by atoms with E-state index in [-0.39, 0.29) is 10.6 Å². The number of halogens is 1. The average molecular weight is 456 g/mol. The summed E-state index contributed by atoms with van der Waals surface area (Å²) in [5.74, 6) is -0.0209. The van der Waals surface area contributed by atoms with Crippen LogP contribution >= 0.6 is 11.6 Å². The lowest BCUT2D eigenvalue weighted by Gasteiger charge is -2.35. The Bertz CT molecular complexity index is 1060. The number of piperazine rings is 1. The second-order valence-electron chi connectivity index (χ2n) is 7.64. The van der Waals surface area contributed by atoms with Crippen LogP contribution in [0, 0.1) is 0 Å². The highest BCUT2D eigenvalue weighted by molar-refractivity contribution is 6.60. The quantitative estimate of drug-likeness (QED) is 0.622. The van der Waals surface area contributed by atoms with Gasteiger partial charge in [-0.25, -0.2) is 4.90 Å². The van der Waals surface area contributed by atoms with E-state index in [9.17, 15) is 9.59 Å². The minimum atomic E-state index is -0.536. The molecular weight excluding hydrogens is 430 g/mol. The van der Waals surface area contributed by atoms with E-state index in [0.717, 1.165) is 43.3 Å². The molecule has 0 unspecified atom stereocenters. The van der Waals surface area contributed by atoms with Crippen molar-refractivity contribution in [2.45, 2.75) is 6.92 Å². The molecule has 0 bridgehead atoms. The van der Waals surface area contributed by atoms with Crippen LogP contribution in [0.25, 0.3) is 5.57 Å². The Morgan fingerprint density at radius 3 is 2.06 bits per heavy atom. The zero-order valence-corrected chi connectivity index (χ0v) is 19.2. The van der Waals surface area contributed by atoms with Crippen LogP contribution in [-0.2, 0) is 9.59 Å². The summed E-state index contributed by atoms with van der Waals surface area (Å²) in [7, 11) is 3.04. The van der Waals surface area contributed by atoms with Crippen molar-refractivity contribution >= 4 is 40.4 Å². The van der Waals surface area contributed by atoms with Gasteiger partial charge in [0, 0.05) is 31.9 Å². The highest BCUT2D eigenvalue weighted by atomic mass is 35.5. The zero-order valence-electron chi connectivity index (χ0n) is 18.4. The SMILES string of the molecule is CCN1CCN(c2ccc(N3C(=O)C(Cl)=C(c4ccc(OC)c(OC)c4)C3=O)cc2)CC1. The zero-order chi connectivity index (χ0) is 22.8. The summed E-state index contributed by atoms with van der Waals surface area (Å²) in [6.07, 6.45) is 0. The van der Waals surface area contributed by atoms with Gasteiger partial charge in [-0.3, -0.25) is 9.59 Å². The Balaban J connectivity index is 1.56. The third kappa shape index (κ3) is 3.94. The van der Waals surface area contributed by atoms with Gasteiger partial charge in [0.25, 0.3) is 11.8 Å². The van der Waals surface area contributed by atoms with Gasteiger partial charge in [0.1, 0.15) is 5.03 Å². The molecule has 2 aromatic rings. The number of rotatable bonds is 6. The standard InChI is InChI=1S/C24H26ClN3O4/c1-4-26-11-13-27(14-12-26)17-6-8-18(9-7-17)28-23(29)21(22(25)24(28)30)16-5-10-19(31-2)20(15-16)32-3/h5-10,15H,4,11-14H2,1-3H3. The molecule has 7 nitrogen and oxygen atoms in total. The Kier molecular flexibility index (Phi) is 6.39. The molecule has 0 N–H and O–H groups in total. The molecule has 8 heteroatoms. The molecule has 1 saturated heterocycles. The normalized spacial score (nSPS) is 17.4. The molecule has 4 rings (SSSR count). The van der Waals surface area contributed by atoms with E-state index in [1.165, 1.54) is 14.2 Å². The number of benzene rings is 2. The number of hydrogen-bond donors (Lipinski definition) is 0. The largest absolute Gasteiger partial charge is 0.493 e. The lowest BCUT2D eigenvalue weighted by atomic mass is 10.1. The van der Waals surface area contributed by atoms with E-state index in [4.69, 9.17) is 21.1 Å². The minimum absolute atomic E-state index is 0.109. The van der Waals surface area contributed by atoms with Crippen molar-refractivity contribution in [3.8, 4) is 11.5 Å². The summed E-state index contributed by atoms with van der Waals surface area (Å²) in [4.78, 5) is 31.9. The highest BCUT2D eigenvalue weighted by Crippen LogP contribution is 2.38. The van der Waals surface area contributed by atoms with E-state index in [1.807, 2.05) is 12.1 Å². The smallest absolute Gasteiger partial charge is 0.277 e. The fraction of sp³-hybridized carbons (Fsp3) is 0.333. The molecule has 2 heterocycles. The minimum Gasteiger partial charge on any atom is -0.493 e. The number of likely N-dealkylation sites (N-methyl/N-ethyl adjacent to an activating group) is 1. The van der Waals surface area contributed by atoms with Gasteiger partial charge < -0.3 is 19.3 Å². The molecule has 168 valence electrons. The molecule has 1 fully saturated rings. The molecule has 0 aromatic heterocycles. The van der Waals surface area contributed by atoms with E-state index in [1.54, 1.807) is 30.3 Å². The van der Waals surface area contributed by atoms with Gasteiger partial charge >= 0.3 is 0 Å². The summed E-state index contributed by atoms with van der Waals surface area (Å²) in [6, 6.07) is 12.5. The van der Waals surface area contributed by atoms with Crippen LogP contribution in [0.3, 0.4) is 0 Å². The highest BCUT2D eigenvalue weighted by Gasteiger charge is 2.39. The number of hydrogen-bond acceptors (Lipinski definition) is 6. The first-order valence-corrected chi connectivity index (χ1v) is 10.9. The van der Waals surface area contributed by atoms with Crippen molar-refractivity contribution < 1.29 is 19.1 Å². The molecule has 2 aliphatic rings. The Morgan fingerprint density at radius 2 is 1.47 bits per heavy atom. The molecule has 2 amide bonds. The molecule has 0 atom stereocenters. The number of amides is 2. The molecular formula is C24H26ClN3O4. The van der Waals surface area contributed by atoms with Crippen LogP contribution in [0.1, 0.15) is 12.5 Å². The number of carbonyl (C=O) groups excluding carboxylic acids is 2. The van der Waals surface area contributed by atoms with Gasteiger partial charge in [-0.05, 0) is 48.5 Å². The number of anilines is 2. The maximum absolute atomic E-state index is 13.2. The molecule has 32 heavy (non-hydrogen) atoms. The fourth-order valence-corrected chi connectivity index (χ4v) is 4.39. The van der Waals surface area contributed by atoms with Crippen LogP contribution in [0.4, 0.5) is 11.4 Å². The van der Waals surface area contributed by atoms with Crippen molar-refractivity contribution in [2.24, 2.45) is 0 Å². The third-order valence-electron chi connectivity index (χ3n) is 5.99. The molecule has 2 aliphatic heterocycles.